The van der Waals surface area contributed by atoms with Crippen molar-refractivity contribution in [3.63, 3.8) is 0 Å². The largest absolute Gasteiger partial charge is 0.504 e. The monoisotopic (exact) mass is 342 g/mol. The Labute approximate surface area is 131 Å². The minimum Gasteiger partial charge on any atom is -0.504 e. The van der Waals surface area contributed by atoms with Crippen LogP contribution in [0.3, 0.4) is 0 Å². The van der Waals surface area contributed by atoms with E-state index in [1.54, 1.807) is 6.92 Å². The van der Waals surface area contributed by atoms with E-state index in [0.29, 0.717) is 5.56 Å². The summed E-state index contributed by atoms with van der Waals surface area (Å²) in [6.07, 6.45) is 1.19. The van der Waals surface area contributed by atoms with E-state index in [1.807, 2.05) is 0 Å². The number of hydrogen-bond acceptors (Lipinski definition) is 7. The zero-order chi connectivity index (χ0) is 16.5. The van der Waals surface area contributed by atoms with Crippen LogP contribution in [0.1, 0.15) is 22.8 Å². The van der Waals surface area contributed by atoms with Crippen LogP contribution < -0.4 is 5.32 Å². The number of amides is 1. The quantitative estimate of drug-likeness (QED) is 0.731. The van der Waals surface area contributed by atoms with E-state index in [9.17, 15) is 23.4 Å². The maximum atomic E-state index is 12.1. The molecule has 2 rings (SSSR count). The predicted octanol–water partition coefficient (Wildman–Crippen LogP) is 1.91. The molecule has 0 bridgehead atoms. The molecule has 0 radical (unpaired) electrons. The van der Waals surface area contributed by atoms with Crippen LogP contribution in [0.5, 0.6) is 11.5 Å². The van der Waals surface area contributed by atoms with Gasteiger partial charge in [-0.15, -0.1) is 0 Å². The third-order valence-electron chi connectivity index (χ3n) is 2.96. The van der Waals surface area contributed by atoms with Gasteiger partial charge < -0.3 is 10.2 Å². The van der Waals surface area contributed by atoms with Crippen molar-refractivity contribution in [3.8, 4) is 11.5 Å². The van der Waals surface area contributed by atoms with Crippen LogP contribution in [0.2, 0.25) is 0 Å². The number of nitrogens with zero attached hydrogens (tertiary/aromatic N) is 1. The van der Waals surface area contributed by atoms with E-state index in [0.717, 1.165) is 17.4 Å². The van der Waals surface area contributed by atoms with Gasteiger partial charge in [0.05, 0.1) is 11.9 Å². The molecule has 2 aromatic rings. The fourth-order valence-electron chi connectivity index (χ4n) is 1.69. The summed E-state index contributed by atoms with van der Waals surface area (Å²) in [4.78, 5) is 16.0. The molecular weight excluding hydrogens is 328 g/mol. The first-order chi connectivity index (χ1) is 10.2. The second-order valence-electron chi connectivity index (χ2n) is 4.50. The van der Waals surface area contributed by atoms with Crippen LogP contribution >= 0.6 is 11.3 Å². The van der Waals surface area contributed by atoms with Gasteiger partial charge in [-0.2, -0.15) is 0 Å². The van der Waals surface area contributed by atoms with E-state index in [1.165, 1.54) is 19.2 Å². The standard InChI is InChI=1S/C13H14N2O5S2/c1-3-22(19,20)11-6-14-13(21-11)15-12(18)8-5-10(17)9(16)4-7(8)2/h4-6,16-17H,3H2,1-2H3,(H,14,15,18). The number of aromatic nitrogens is 1. The van der Waals surface area contributed by atoms with E-state index in [-0.39, 0.29) is 26.4 Å². The number of anilines is 1. The topological polar surface area (TPSA) is 117 Å². The fourth-order valence-corrected chi connectivity index (χ4v) is 3.83. The number of aryl methyl sites for hydroxylation is 1. The number of benzene rings is 1. The van der Waals surface area contributed by atoms with Gasteiger partial charge in [-0.1, -0.05) is 18.3 Å². The Balaban J connectivity index is 2.25. The van der Waals surface area contributed by atoms with Crippen LogP contribution in [-0.2, 0) is 9.84 Å². The lowest BCUT2D eigenvalue weighted by molar-refractivity contribution is 0.102. The first-order valence-electron chi connectivity index (χ1n) is 6.27. The smallest absolute Gasteiger partial charge is 0.257 e. The molecule has 3 N–H and O–H groups in total. The Morgan fingerprint density at radius 2 is 1.95 bits per heavy atom. The summed E-state index contributed by atoms with van der Waals surface area (Å²) >= 11 is 0.858. The summed E-state index contributed by atoms with van der Waals surface area (Å²) in [6.45, 7) is 3.12. The first kappa shape index (κ1) is 16.2. The molecule has 0 aliphatic rings. The number of carbonyl (C=O) groups is 1. The summed E-state index contributed by atoms with van der Waals surface area (Å²) in [5.41, 5.74) is 0.621. The average molecular weight is 342 g/mol. The predicted molar refractivity (Wildman–Crippen MR) is 82.3 cm³/mol. The van der Waals surface area contributed by atoms with Crippen molar-refractivity contribution >= 4 is 32.2 Å². The lowest BCUT2D eigenvalue weighted by Gasteiger charge is -2.07. The van der Waals surface area contributed by atoms with Crippen LogP contribution in [0, 0.1) is 6.92 Å². The summed E-state index contributed by atoms with van der Waals surface area (Å²) < 4.78 is 23.5. The molecule has 0 fully saturated rings. The number of phenolic OH excluding ortho intramolecular Hbond substituents is 2. The van der Waals surface area contributed by atoms with Crippen molar-refractivity contribution in [1.29, 1.82) is 0 Å². The SMILES string of the molecule is CCS(=O)(=O)c1cnc(NC(=O)c2cc(O)c(O)cc2C)s1. The molecule has 0 saturated carbocycles. The molecule has 0 aliphatic carbocycles. The van der Waals surface area contributed by atoms with Crippen LogP contribution in [0.25, 0.3) is 0 Å². The highest BCUT2D eigenvalue weighted by Crippen LogP contribution is 2.29. The summed E-state index contributed by atoms with van der Waals surface area (Å²) in [6, 6.07) is 2.40. The summed E-state index contributed by atoms with van der Waals surface area (Å²) in [7, 11) is -3.37. The lowest BCUT2D eigenvalue weighted by atomic mass is 10.1. The number of rotatable bonds is 4. The number of phenols is 2. The van der Waals surface area contributed by atoms with Gasteiger partial charge in [-0.25, -0.2) is 13.4 Å². The second kappa shape index (κ2) is 5.93. The van der Waals surface area contributed by atoms with Crippen molar-refractivity contribution in [3.05, 3.63) is 29.5 Å². The van der Waals surface area contributed by atoms with Crippen molar-refractivity contribution in [2.24, 2.45) is 0 Å². The molecule has 1 aromatic carbocycles. The number of carbonyl (C=O) groups excluding carboxylic acids is 1. The molecule has 118 valence electrons. The highest BCUT2D eigenvalue weighted by atomic mass is 32.2. The van der Waals surface area contributed by atoms with E-state index < -0.39 is 21.5 Å². The maximum Gasteiger partial charge on any atom is 0.257 e. The Bertz CT molecular complexity index is 827. The molecule has 1 heterocycles. The van der Waals surface area contributed by atoms with Gasteiger partial charge in [0.2, 0.25) is 0 Å². The molecule has 1 aromatic heterocycles. The van der Waals surface area contributed by atoms with Gasteiger partial charge in [0.15, 0.2) is 26.5 Å². The lowest BCUT2D eigenvalue weighted by Crippen LogP contribution is -2.13. The molecular formula is C13H14N2O5S2. The molecule has 22 heavy (non-hydrogen) atoms. The number of nitrogens with one attached hydrogen (secondary N) is 1. The fraction of sp³-hybridized carbons (Fsp3) is 0.231. The zero-order valence-electron chi connectivity index (χ0n) is 11.8. The molecule has 0 aliphatic heterocycles. The molecule has 7 nitrogen and oxygen atoms in total. The van der Waals surface area contributed by atoms with Crippen LogP contribution in [-0.4, -0.2) is 35.3 Å². The molecule has 0 saturated heterocycles. The van der Waals surface area contributed by atoms with Gasteiger partial charge in [-0.3, -0.25) is 10.1 Å². The number of hydrogen-bond donors (Lipinski definition) is 3. The van der Waals surface area contributed by atoms with Crippen molar-refractivity contribution in [1.82, 2.24) is 4.98 Å². The van der Waals surface area contributed by atoms with Gasteiger partial charge >= 0.3 is 0 Å². The Morgan fingerprint density at radius 1 is 1.32 bits per heavy atom. The number of thiazole rings is 1. The molecule has 0 unspecified atom stereocenters. The van der Waals surface area contributed by atoms with E-state index in [4.69, 9.17) is 0 Å². The minimum atomic E-state index is -3.37. The summed E-state index contributed by atoms with van der Waals surface area (Å²) in [5, 5.41) is 21.4. The Kier molecular flexibility index (Phi) is 4.38. The molecule has 0 atom stereocenters. The van der Waals surface area contributed by atoms with E-state index in [2.05, 4.69) is 10.3 Å². The van der Waals surface area contributed by atoms with Crippen molar-refractivity contribution in [2.45, 2.75) is 18.1 Å². The highest BCUT2D eigenvalue weighted by molar-refractivity contribution is 7.93. The van der Waals surface area contributed by atoms with Crippen molar-refractivity contribution < 1.29 is 23.4 Å². The third-order valence-corrected chi connectivity index (χ3v) is 6.16. The molecule has 9 heteroatoms. The highest BCUT2D eigenvalue weighted by Gasteiger charge is 2.18. The number of aromatic hydroxyl groups is 2. The van der Waals surface area contributed by atoms with Gasteiger partial charge in [-0.05, 0) is 24.6 Å². The molecule has 0 spiro atoms. The zero-order valence-corrected chi connectivity index (χ0v) is 13.5. The van der Waals surface area contributed by atoms with Crippen LogP contribution in [0.4, 0.5) is 5.13 Å². The van der Waals surface area contributed by atoms with Crippen LogP contribution in [0.15, 0.2) is 22.5 Å². The minimum absolute atomic E-state index is 0.0481. The second-order valence-corrected chi connectivity index (χ2v) is 8.03. The first-order valence-corrected chi connectivity index (χ1v) is 8.74. The van der Waals surface area contributed by atoms with Gasteiger partial charge in [0.1, 0.15) is 4.21 Å². The van der Waals surface area contributed by atoms with Gasteiger partial charge in [0.25, 0.3) is 5.91 Å². The van der Waals surface area contributed by atoms with Crippen molar-refractivity contribution in [2.75, 3.05) is 11.1 Å². The Hall–Kier alpha value is -2.13. The maximum absolute atomic E-state index is 12.1. The summed E-state index contributed by atoms with van der Waals surface area (Å²) in [5.74, 6) is -1.33. The average Bonchev–Trinajstić information content (AvgIpc) is 2.92. The third kappa shape index (κ3) is 3.20. The number of sulfone groups is 1. The van der Waals surface area contributed by atoms with E-state index >= 15 is 0 Å². The van der Waals surface area contributed by atoms with Gasteiger partial charge in [0, 0.05) is 5.56 Å². The molecule has 1 amide bonds. The normalized spacial score (nSPS) is 11.4. The Morgan fingerprint density at radius 3 is 2.59 bits per heavy atom.